The van der Waals surface area contributed by atoms with Crippen LogP contribution in [0.15, 0.2) is 34.1 Å². The molecule has 0 bridgehead atoms. The molecule has 2 heterocycles. The molecule has 0 aliphatic rings. The molecule has 0 spiro atoms. The van der Waals surface area contributed by atoms with Gasteiger partial charge in [-0.25, -0.2) is 4.99 Å². The van der Waals surface area contributed by atoms with E-state index in [1.54, 1.807) is 12.6 Å². The van der Waals surface area contributed by atoms with E-state index in [-0.39, 0.29) is 24.0 Å². The SMILES string of the molecule is CCNC(=NCc1nncn1C)NCCCOCc1ccco1.I. The fourth-order valence-electron chi connectivity index (χ4n) is 1.89. The first-order valence-electron chi connectivity index (χ1n) is 7.74. The highest BCUT2D eigenvalue weighted by molar-refractivity contribution is 14.0. The summed E-state index contributed by atoms with van der Waals surface area (Å²) in [5, 5.41) is 14.3. The van der Waals surface area contributed by atoms with E-state index in [1.807, 2.05) is 30.7 Å². The lowest BCUT2D eigenvalue weighted by molar-refractivity contribution is 0.105. The minimum absolute atomic E-state index is 0. The van der Waals surface area contributed by atoms with Crippen LogP contribution in [-0.2, 0) is 24.9 Å². The average Bonchev–Trinajstić information content (AvgIpc) is 3.20. The highest BCUT2D eigenvalue weighted by Gasteiger charge is 2.01. The van der Waals surface area contributed by atoms with E-state index in [1.165, 1.54) is 0 Å². The lowest BCUT2D eigenvalue weighted by Crippen LogP contribution is -2.38. The largest absolute Gasteiger partial charge is 0.467 e. The van der Waals surface area contributed by atoms with Gasteiger partial charge in [-0.15, -0.1) is 34.2 Å². The Morgan fingerprint density at radius 1 is 1.42 bits per heavy atom. The number of guanidine groups is 1. The number of aromatic nitrogens is 3. The molecular weight excluding hydrogens is 423 g/mol. The summed E-state index contributed by atoms with van der Waals surface area (Å²) in [7, 11) is 1.90. The van der Waals surface area contributed by atoms with Crippen molar-refractivity contribution in [3.63, 3.8) is 0 Å². The second-order valence-electron chi connectivity index (χ2n) is 4.97. The summed E-state index contributed by atoms with van der Waals surface area (Å²) in [5.74, 6) is 2.43. The van der Waals surface area contributed by atoms with Crippen molar-refractivity contribution in [3.05, 3.63) is 36.3 Å². The van der Waals surface area contributed by atoms with Crippen LogP contribution in [0.3, 0.4) is 0 Å². The number of rotatable bonds is 9. The minimum atomic E-state index is 0. The quantitative estimate of drug-likeness (QED) is 0.263. The normalized spacial score (nSPS) is 11.2. The summed E-state index contributed by atoms with van der Waals surface area (Å²) in [6, 6.07) is 3.76. The minimum Gasteiger partial charge on any atom is -0.467 e. The Labute approximate surface area is 159 Å². The fraction of sp³-hybridized carbons (Fsp3) is 0.533. The van der Waals surface area contributed by atoms with Gasteiger partial charge in [0, 0.05) is 26.7 Å². The summed E-state index contributed by atoms with van der Waals surface area (Å²) < 4.78 is 12.6. The smallest absolute Gasteiger partial charge is 0.191 e. The lowest BCUT2D eigenvalue weighted by atomic mass is 10.4. The van der Waals surface area contributed by atoms with Crippen molar-refractivity contribution in [2.75, 3.05) is 19.7 Å². The Morgan fingerprint density at radius 3 is 2.96 bits per heavy atom. The van der Waals surface area contributed by atoms with Gasteiger partial charge in [0.25, 0.3) is 0 Å². The molecule has 8 nitrogen and oxygen atoms in total. The van der Waals surface area contributed by atoms with Crippen LogP contribution in [0.25, 0.3) is 0 Å². The Bertz CT molecular complexity index is 585. The van der Waals surface area contributed by atoms with Crippen molar-refractivity contribution in [2.45, 2.75) is 26.5 Å². The van der Waals surface area contributed by atoms with Crippen LogP contribution in [0.4, 0.5) is 0 Å². The molecule has 2 rings (SSSR count). The van der Waals surface area contributed by atoms with E-state index in [0.717, 1.165) is 37.1 Å². The lowest BCUT2D eigenvalue weighted by Gasteiger charge is -2.11. The van der Waals surface area contributed by atoms with Gasteiger partial charge in [0.2, 0.25) is 0 Å². The van der Waals surface area contributed by atoms with Crippen LogP contribution in [0.5, 0.6) is 0 Å². The van der Waals surface area contributed by atoms with Crippen molar-refractivity contribution in [1.82, 2.24) is 25.4 Å². The zero-order chi connectivity index (χ0) is 16.3. The van der Waals surface area contributed by atoms with Crippen molar-refractivity contribution < 1.29 is 9.15 Å². The monoisotopic (exact) mass is 448 g/mol. The summed E-state index contributed by atoms with van der Waals surface area (Å²) >= 11 is 0. The van der Waals surface area contributed by atoms with Gasteiger partial charge in [0.1, 0.15) is 25.2 Å². The molecule has 2 aromatic rings. The van der Waals surface area contributed by atoms with Crippen LogP contribution in [0.2, 0.25) is 0 Å². The van der Waals surface area contributed by atoms with Crippen molar-refractivity contribution in [2.24, 2.45) is 12.0 Å². The van der Waals surface area contributed by atoms with E-state index in [2.05, 4.69) is 25.8 Å². The second kappa shape index (κ2) is 11.8. The number of halogens is 1. The first-order chi connectivity index (χ1) is 11.3. The van der Waals surface area contributed by atoms with Gasteiger partial charge in [-0.2, -0.15) is 0 Å². The molecule has 0 fully saturated rings. The second-order valence-corrected chi connectivity index (χ2v) is 4.97. The number of aryl methyl sites for hydroxylation is 1. The van der Waals surface area contributed by atoms with E-state index < -0.39 is 0 Å². The number of nitrogens with zero attached hydrogens (tertiary/aromatic N) is 4. The number of furan rings is 1. The number of nitrogens with one attached hydrogen (secondary N) is 2. The zero-order valence-corrected chi connectivity index (χ0v) is 16.4. The Hall–Kier alpha value is -1.62. The van der Waals surface area contributed by atoms with Crippen LogP contribution in [-0.4, -0.2) is 40.4 Å². The predicted octanol–water partition coefficient (Wildman–Crippen LogP) is 1.69. The average molecular weight is 448 g/mol. The molecule has 0 amide bonds. The molecular formula is C15H25IN6O2. The molecule has 134 valence electrons. The van der Waals surface area contributed by atoms with Crippen LogP contribution in [0, 0.1) is 0 Å². The molecule has 2 aromatic heterocycles. The molecule has 0 saturated heterocycles. The molecule has 24 heavy (non-hydrogen) atoms. The third kappa shape index (κ3) is 7.30. The van der Waals surface area contributed by atoms with E-state index in [0.29, 0.717) is 19.8 Å². The van der Waals surface area contributed by atoms with Gasteiger partial charge in [-0.1, -0.05) is 0 Å². The Kier molecular flexibility index (Phi) is 10.1. The van der Waals surface area contributed by atoms with Crippen molar-refractivity contribution >= 4 is 29.9 Å². The van der Waals surface area contributed by atoms with Gasteiger partial charge in [0.05, 0.1) is 6.26 Å². The zero-order valence-electron chi connectivity index (χ0n) is 14.1. The molecule has 2 N–H and O–H groups in total. The third-order valence-electron chi connectivity index (χ3n) is 3.11. The van der Waals surface area contributed by atoms with Gasteiger partial charge < -0.3 is 24.4 Å². The number of aliphatic imine (C=N–C) groups is 1. The van der Waals surface area contributed by atoms with Crippen molar-refractivity contribution in [3.8, 4) is 0 Å². The summed E-state index contributed by atoms with van der Waals surface area (Å²) in [6.45, 7) is 5.28. The highest BCUT2D eigenvalue weighted by Crippen LogP contribution is 2.01. The standard InChI is InChI=1S/C15H24N6O2.HI/c1-3-16-15(18-10-14-20-19-12-21(14)2)17-7-5-8-22-11-13-6-4-9-23-13;/h4,6,9,12H,3,5,7-8,10-11H2,1-2H3,(H2,16,17,18);1H. The van der Waals surface area contributed by atoms with Gasteiger partial charge in [-0.05, 0) is 25.5 Å². The topological polar surface area (TPSA) is 89.5 Å². The summed E-state index contributed by atoms with van der Waals surface area (Å²) in [4.78, 5) is 4.49. The van der Waals surface area contributed by atoms with Gasteiger partial charge in [0.15, 0.2) is 11.8 Å². The maximum atomic E-state index is 5.54. The van der Waals surface area contributed by atoms with E-state index in [4.69, 9.17) is 9.15 Å². The number of hydrogen-bond donors (Lipinski definition) is 2. The first kappa shape index (κ1) is 20.4. The molecule has 0 aromatic carbocycles. The molecule has 0 radical (unpaired) electrons. The molecule has 0 atom stereocenters. The summed E-state index contributed by atoms with van der Waals surface area (Å²) in [5.41, 5.74) is 0. The van der Waals surface area contributed by atoms with Crippen LogP contribution in [0.1, 0.15) is 24.9 Å². The molecule has 0 aliphatic heterocycles. The maximum Gasteiger partial charge on any atom is 0.191 e. The van der Waals surface area contributed by atoms with Crippen LogP contribution < -0.4 is 10.6 Å². The Morgan fingerprint density at radius 2 is 2.29 bits per heavy atom. The van der Waals surface area contributed by atoms with E-state index >= 15 is 0 Å². The van der Waals surface area contributed by atoms with Crippen LogP contribution >= 0.6 is 24.0 Å². The van der Waals surface area contributed by atoms with Crippen molar-refractivity contribution in [1.29, 1.82) is 0 Å². The summed E-state index contributed by atoms with van der Waals surface area (Å²) in [6.07, 6.45) is 4.20. The fourth-order valence-corrected chi connectivity index (χ4v) is 1.89. The predicted molar refractivity (Wildman–Crippen MR) is 102 cm³/mol. The third-order valence-corrected chi connectivity index (χ3v) is 3.11. The first-order valence-corrected chi connectivity index (χ1v) is 7.74. The van der Waals surface area contributed by atoms with Gasteiger partial charge in [-0.3, -0.25) is 0 Å². The highest BCUT2D eigenvalue weighted by atomic mass is 127. The molecule has 9 heteroatoms. The van der Waals surface area contributed by atoms with Gasteiger partial charge >= 0.3 is 0 Å². The molecule has 0 unspecified atom stereocenters. The number of ether oxygens (including phenoxy) is 1. The number of hydrogen-bond acceptors (Lipinski definition) is 5. The Balaban J connectivity index is 0.00000288. The molecule has 0 aliphatic carbocycles. The van der Waals surface area contributed by atoms with E-state index in [9.17, 15) is 0 Å². The maximum absolute atomic E-state index is 5.54. The molecule has 0 saturated carbocycles.